The van der Waals surface area contributed by atoms with Gasteiger partial charge in [-0.05, 0) is 35.2 Å². The Morgan fingerprint density at radius 2 is 1.96 bits per heavy atom. The van der Waals surface area contributed by atoms with Crippen molar-refractivity contribution < 1.29 is 13.2 Å². The summed E-state index contributed by atoms with van der Waals surface area (Å²) in [6.07, 6.45) is 2.65. The monoisotopic (exact) mass is 346 g/mol. The molecule has 0 unspecified atom stereocenters. The molecule has 1 saturated heterocycles. The van der Waals surface area contributed by atoms with E-state index in [-0.39, 0.29) is 18.4 Å². The highest BCUT2D eigenvalue weighted by molar-refractivity contribution is 7.88. The molecule has 24 heavy (non-hydrogen) atoms. The van der Waals surface area contributed by atoms with Crippen molar-refractivity contribution in [3.05, 3.63) is 48.0 Å². The fourth-order valence-corrected chi connectivity index (χ4v) is 4.05. The highest BCUT2D eigenvalue weighted by Gasteiger charge is 2.29. The maximum atomic E-state index is 12.4. The van der Waals surface area contributed by atoms with Gasteiger partial charge in [-0.15, -0.1) is 0 Å². The molecule has 1 aliphatic rings. The fourth-order valence-electron chi connectivity index (χ4n) is 3.14. The summed E-state index contributed by atoms with van der Waals surface area (Å²) in [5, 5.41) is 5.26. The molecule has 5 nitrogen and oxygen atoms in total. The Morgan fingerprint density at radius 1 is 1.21 bits per heavy atom. The molecule has 1 atom stereocenters. The number of carbonyl (C=O) groups excluding carboxylic acids is 1. The summed E-state index contributed by atoms with van der Waals surface area (Å²) in [6, 6.07) is 14.2. The van der Waals surface area contributed by atoms with Crippen LogP contribution in [-0.2, 0) is 21.4 Å². The van der Waals surface area contributed by atoms with Gasteiger partial charge in [0.2, 0.25) is 15.9 Å². The van der Waals surface area contributed by atoms with Crippen LogP contribution in [0.5, 0.6) is 0 Å². The minimum absolute atomic E-state index is 0.0727. The van der Waals surface area contributed by atoms with Crippen LogP contribution in [0.3, 0.4) is 0 Å². The van der Waals surface area contributed by atoms with E-state index in [4.69, 9.17) is 0 Å². The number of benzene rings is 2. The van der Waals surface area contributed by atoms with Crippen molar-refractivity contribution in [1.29, 1.82) is 0 Å². The van der Waals surface area contributed by atoms with Crippen LogP contribution in [-0.4, -0.2) is 38.0 Å². The van der Waals surface area contributed by atoms with Crippen molar-refractivity contribution in [2.75, 3.05) is 19.3 Å². The van der Waals surface area contributed by atoms with Crippen LogP contribution in [0.25, 0.3) is 10.8 Å². The standard InChI is InChI=1S/C18H22N2O3S/c1-24(22,23)20-10-4-7-17(13-20)18(21)19-12-14-8-9-15-5-2-3-6-16(15)11-14/h2-3,5-6,8-9,11,17H,4,7,10,12-13H2,1H3,(H,19,21)/t17-/m0/s1. The van der Waals surface area contributed by atoms with Gasteiger partial charge in [-0.3, -0.25) is 4.79 Å². The average Bonchev–Trinajstić information content (AvgIpc) is 2.59. The lowest BCUT2D eigenvalue weighted by molar-refractivity contribution is -0.126. The Labute approximate surface area is 142 Å². The Bertz CT molecular complexity index is 848. The lowest BCUT2D eigenvalue weighted by Crippen LogP contribution is -2.44. The van der Waals surface area contributed by atoms with Crippen molar-refractivity contribution in [1.82, 2.24) is 9.62 Å². The molecule has 0 bridgehead atoms. The maximum Gasteiger partial charge on any atom is 0.224 e. The van der Waals surface area contributed by atoms with Crippen LogP contribution < -0.4 is 5.32 Å². The van der Waals surface area contributed by atoms with Gasteiger partial charge in [-0.1, -0.05) is 36.4 Å². The van der Waals surface area contributed by atoms with Gasteiger partial charge in [0.15, 0.2) is 0 Å². The summed E-state index contributed by atoms with van der Waals surface area (Å²) < 4.78 is 24.7. The molecule has 1 amide bonds. The zero-order valence-corrected chi connectivity index (χ0v) is 14.6. The summed E-state index contributed by atoms with van der Waals surface area (Å²) in [7, 11) is -3.23. The molecule has 1 fully saturated rings. The van der Waals surface area contributed by atoms with E-state index in [0.29, 0.717) is 13.1 Å². The molecular weight excluding hydrogens is 324 g/mol. The molecule has 2 aromatic carbocycles. The third-order valence-corrected chi connectivity index (χ3v) is 5.77. The lowest BCUT2D eigenvalue weighted by atomic mass is 9.98. The van der Waals surface area contributed by atoms with Gasteiger partial charge < -0.3 is 5.32 Å². The number of piperidine rings is 1. The smallest absolute Gasteiger partial charge is 0.224 e. The fraction of sp³-hybridized carbons (Fsp3) is 0.389. The molecule has 1 aliphatic heterocycles. The molecule has 3 rings (SSSR count). The van der Waals surface area contributed by atoms with Gasteiger partial charge in [-0.2, -0.15) is 0 Å². The number of sulfonamides is 1. The first-order valence-corrected chi connectivity index (χ1v) is 9.99. The number of fused-ring (bicyclic) bond motifs is 1. The number of carbonyl (C=O) groups is 1. The molecule has 6 heteroatoms. The van der Waals surface area contributed by atoms with E-state index in [1.165, 1.54) is 15.9 Å². The molecule has 128 valence electrons. The van der Waals surface area contributed by atoms with Crippen LogP contribution >= 0.6 is 0 Å². The Balaban J connectivity index is 1.62. The molecule has 0 saturated carbocycles. The first-order chi connectivity index (χ1) is 11.4. The molecule has 0 spiro atoms. The highest BCUT2D eigenvalue weighted by Crippen LogP contribution is 2.19. The number of amides is 1. The minimum atomic E-state index is -3.23. The minimum Gasteiger partial charge on any atom is -0.352 e. The Kier molecular flexibility index (Phi) is 4.87. The van der Waals surface area contributed by atoms with Gasteiger partial charge in [0.1, 0.15) is 0 Å². The van der Waals surface area contributed by atoms with E-state index in [1.807, 2.05) is 30.3 Å². The van der Waals surface area contributed by atoms with Crippen LogP contribution in [0.2, 0.25) is 0 Å². The third kappa shape index (κ3) is 3.94. The first-order valence-electron chi connectivity index (χ1n) is 8.14. The average molecular weight is 346 g/mol. The second-order valence-electron chi connectivity index (χ2n) is 6.36. The molecule has 0 radical (unpaired) electrons. The lowest BCUT2D eigenvalue weighted by Gasteiger charge is -2.30. The summed E-state index contributed by atoms with van der Waals surface area (Å²) >= 11 is 0. The summed E-state index contributed by atoms with van der Waals surface area (Å²) in [5.74, 6) is -0.342. The Hall–Kier alpha value is -1.92. The second kappa shape index (κ2) is 6.91. The quantitative estimate of drug-likeness (QED) is 0.922. The number of hydrogen-bond donors (Lipinski definition) is 1. The highest BCUT2D eigenvalue weighted by atomic mass is 32.2. The summed E-state index contributed by atoms with van der Waals surface area (Å²) in [4.78, 5) is 12.4. The molecule has 0 aliphatic carbocycles. The SMILES string of the molecule is CS(=O)(=O)N1CCC[C@H](C(=O)NCc2ccc3ccccc3c2)C1. The number of nitrogens with one attached hydrogen (secondary N) is 1. The van der Waals surface area contributed by atoms with E-state index in [0.717, 1.165) is 23.8 Å². The molecule has 1 N–H and O–H groups in total. The van der Waals surface area contributed by atoms with Crippen molar-refractivity contribution in [2.24, 2.45) is 5.92 Å². The van der Waals surface area contributed by atoms with Crippen molar-refractivity contribution in [3.8, 4) is 0 Å². The van der Waals surface area contributed by atoms with Gasteiger partial charge in [0.25, 0.3) is 0 Å². The molecular formula is C18H22N2O3S. The van der Waals surface area contributed by atoms with Crippen LogP contribution in [0.4, 0.5) is 0 Å². The van der Waals surface area contributed by atoms with Gasteiger partial charge in [-0.25, -0.2) is 12.7 Å². The number of nitrogens with zero attached hydrogens (tertiary/aromatic N) is 1. The molecule has 1 heterocycles. The Morgan fingerprint density at radius 3 is 2.71 bits per heavy atom. The second-order valence-corrected chi connectivity index (χ2v) is 8.34. The van der Waals surface area contributed by atoms with E-state index in [1.54, 1.807) is 0 Å². The van der Waals surface area contributed by atoms with Crippen LogP contribution in [0, 0.1) is 5.92 Å². The van der Waals surface area contributed by atoms with Crippen LogP contribution in [0.1, 0.15) is 18.4 Å². The van der Waals surface area contributed by atoms with E-state index in [9.17, 15) is 13.2 Å². The van der Waals surface area contributed by atoms with Gasteiger partial charge in [0, 0.05) is 19.6 Å². The van der Waals surface area contributed by atoms with Crippen molar-refractivity contribution in [3.63, 3.8) is 0 Å². The van der Waals surface area contributed by atoms with E-state index >= 15 is 0 Å². The largest absolute Gasteiger partial charge is 0.352 e. The topological polar surface area (TPSA) is 66.5 Å². The number of hydrogen-bond acceptors (Lipinski definition) is 3. The summed E-state index contributed by atoms with van der Waals surface area (Å²) in [6.45, 7) is 1.24. The van der Waals surface area contributed by atoms with Gasteiger partial charge >= 0.3 is 0 Å². The number of rotatable bonds is 4. The third-order valence-electron chi connectivity index (χ3n) is 4.50. The predicted octanol–water partition coefficient (Wildman–Crippen LogP) is 2.13. The zero-order valence-electron chi connectivity index (χ0n) is 13.7. The normalized spacial score (nSPS) is 19.3. The first kappa shape index (κ1) is 16.9. The zero-order chi connectivity index (χ0) is 17.2. The van der Waals surface area contributed by atoms with Gasteiger partial charge in [0.05, 0.1) is 12.2 Å². The van der Waals surface area contributed by atoms with E-state index < -0.39 is 10.0 Å². The predicted molar refractivity (Wildman–Crippen MR) is 94.9 cm³/mol. The van der Waals surface area contributed by atoms with Crippen LogP contribution in [0.15, 0.2) is 42.5 Å². The maximum absolute atomic E-state index is 12.4. The summed E-state index contributed by atoms with van der Waals surface area (Å²) in [5.41, 5.74) is 1.04. The van der Waals surface area contributed by atoms with Crippen molar-refractivity contribution in [2.45, 2.75) is 19.4 Å². The van der Waals surface area contributed by atoms with E-state index in [2.05, 4.69) is 17.4 Å². The molecule has 0 aromatic heterocycles. The van der Waals surface area contributed by atoms with Crippen molar-refractivity contribution >= 4 is 26.7 Å². The molecule has 2 aromatic rings.